The third-order valence-corrected chi connectivity index (χ3v) is 3.54. The molecule has 21 heavy (non-hydrogen) atoms. The lowest BCUT2D eigenvalue weighted by Gasteiger charge is -2.11. The van der Waals surface area contributed by atoms with Gasteiger partial charge in [-0.05, 0) is 31.5 Å². The Hall–Kier alpha value is -1.66. The van der Waals surface area contributed by atoms with Crippen LogP contribution in [0.25, 0.3) is 0 Å². The summed E-state index contributed by atoms with van der Waals surface area (Å²) in [4.78, 5) is 0. The first kappa shape index (κ1) is 15.7. The average Bonchev–Trinajstić information content (AvgIpc) is 2.73. The van der Waals surface area contributed by atoms with Gasteiger partial charge in [-0.2, -0.15) is 5.10 Å². The third-order valence-electron chi connectivity index (χ3n) is 3.05. The Kier molecular flexibility index (Phi) is 4.80. The minimum atomic E-state index is -0.866. The van der Waals surface area contributed by atoms with E-state index in [1.54, 1.807) is 11.6 Å². The molecule has 0 spiro atoms. The van der Waals surface area contributed by atoms with Crippen molar-refractivity contribution in [2.24, 2.45) is 0 Å². The van der Waals surface area contributed by atoms with Crippen molar-refractivity contribution >= 4 is 11.6 Å². The minimum Gasteiger partial charge on any atom is -0.481 e. The maximum atomic E-state index is 13.8. The number of hydrogen-bond donors (Lipinski definition) is 1. The van der Waals surface area contributed by atoms with Crippen molar-refractivity contribution in [3.63, 3.8) is 0 Å². The molecule has 0 bridgehead atoms. The van der Waals surface area contributed by atoms with Gasteiger partial charge in [-0.15, -0.1) is 0 Å². The molecule has 0 atom stereocenters. The van der Waals surface area contributed by atoms with Crippen LogP contribution in [0.1, 0.15) is 23.9 Å². The maximum Gasteiger partial charge on any atom is 0.191 e. The maximum absolute atomic E-state index is 13.8. The molecule has 0 fully saturated rings. The first-order chi connectivity index (χ1) is 9.97. The summed E-state index contributed by atoms with van der Waals surface area (Å²) < 4.78 is 34.3. The average molecular weight is 317 g/mol. The quantitative estimate of drug-likeness (QED) is 0.921. The number of aliphatic hydroxyl groups is 1. The van der Waals surface area contributed by atoms with E-state index in [-0.39, 0.29) is 12.2 Å². The fourth-order valence-electron chi connectivity index (χ4n) is 1.99. The molecule has 0 aliphatic carbocycles. The Bertz CT molecular complexity index is 636. The van der Waals surface area contributed by atoms with Gasteiger partial charge in [0.2, 0.25) is 0 Å². The van der Waals surface area contributed by atoms with Gasteiger partial charge < -0.3 is 9.84 Å². The highest BCUT2D eigenvalue weighted by molar-refractivity contribution is 6.31. The Morgan fingerprint density at radius 3 is 2.48 bits per heavy atom. The lowest BCUT2D eigenvalue weighted by Crippen LogP contribution is -2.08. The number of halogens is 3. The Balaban J connectivity index is 2.25. The van der Waals surface area contributed by atoms with E-state index < -0.39 is 24.0 Å². The SMILES string of the molecule is CCn1nc(C)c(Cl)c1COc1c(F)cc(CO)cc1F. The topological polar surface area (TPSA) is 47.3 Å². The highest BCUT2D eigenvalue weighted by Crippen LogP contribution is 2.26. The number of nitrogens with zero attached hydrogens (tertiary/aromatic N) is 2. The number of hydrogen-bond acceptors (Lipinski definition) is 3. The van der Waals surface area contributed by atoms with E-state index in [0.717, 1.165) is 12.1 Å². The van der Waals surface area contributed by atoms with Crippen LogP contribution in [0.5, 0.6) is 5.75 Å². The van der Waals surface area contributed by atoms with Crippen molar-refractivity contribution in [2.75, 3.05) is 0 Å². The molecule has 2 aromatic rings. The van der Waals surface area contributed by atoms with Crippen LogP contribution in [0.4, 0.5) is 8.78 Å². The summed E-state index contributed by atoms with van der Waals surface area (Å²) in [7, 11) is 0. The molecule has 1 heterocycles. The second-order valence-electron chi connectivity index (χ2n) is 4.50. The summed E-state index contributed by atoms with van der Waals surface area (Å²) in [5.74, 6) is -2.23. The molecule has 7 heteroatoms. The van der Waals surface area contributed by atoms with Gasteiger partial charge >= 0.3 is 0 Å². The second kappa shape index (κ2) is 6.41. The first-order valence-corrected chi connectivity index (χ1v) is 6.79. The summed E-state index contributed by atoms with van der Waals surface area (Å²) in [6, 6.07) is 2.06. The molecule has 1 aromatic carbocycles. The fraction of sp³-hybridized carbons (Fsp3) is 0.357. The van der Waals surface area contributed by atoms with Crippen LogP contribution in [0.15, 0.2) is 12.1 Å². The lowest BCUT2D eigenvalue weighted by molar-refractivity contribution is 0.259. The number of ether oxygens (including phenoxy) is 1. The van der Waals surface area contributed by atoms with Crippen LogP contribution in [-0.4, -0.2) is 14.9 Å². The molecule has 0 radical (unpaired) electrons. The van der Waals surface area contributed by atoms with Crippen molar-refractivity contribution < 1.29 is 18.6 Å². The van der Waals surface area contributed by atoms with E-state index in [4.69, 9.17) is 21.4 Å². The van der Waals surface area contributed by atoms with Gasteiger partial charge in [-0.1, -0.05) is 11.6 Å². The Labute approximate surface area is 125 Å². The molecular formula is C14H15ClF2N2O2. The molecule has 0 saturated carbocycles. The monoisotopic (exact) mass is 316 g/mol. The smallest absolute Gasteiger partial charge is 0.191 e. The number of aliphatic hydroxyl groups excluding tert-OH is 1. The van der Waals surface area contributed by atoms with E-state index in [2.05, 4.69) is 5.10 Å². The van der Waals surface area contributed by atoms with Crippen LogP contribution in [0.3, 0.4) is 0 Å². The van der Waals surface area contributed by atoms with Crippen LogP contribution >= 0.6 is 11.6 Å². The van der Waals surface area contributed by atoms with Gasteiger partial charge in [-0.25, -0.2) is 8.78 Å². The van der Waals surface area contributed by atoms with Crippen LogP contribution in [0.2, 0.25) is 5.02 Å². The number of benzene rings is 1. The molecule has 0 saturated heterocycles. The molecule has 0 unspecified atom stereocenters. The second-order valence-corrected chi connectivity index (χ2v) is 4.88. The van der Waals surface area contributed by atoms with Gasteiger partial charge in [0.25, 0.3) is 0 Å². The van der Waals surface area contributed by atoms with Crippen LogP contribution in [-0.2, 0) is 19.8 Å². The molecule has 0 amide bonds. The zero-order valence-corrected chi connectivity index (χ0v) is 12.4. The van der Waals surface area contributed by atoms with E-state index in [0.29, 0.717) is 23.0 Å². The molecule has 114 valence electrons. The molecule has 0 aliphatic heterocycles. The molecule has 1 N–H and O–H groups in total. The summed E-state index contributed by atoms with van der Waals surface area (Å²) in [6.45, 7) is 3.65. The minimum absolute atomic E-state index is 0.0974. The number of rotatable bonds is 5. The zero-order chi connectivity index (χ0) is 15.6. The first-order valence-electron chi connectivity index (χ1n) is 6.41. The fourth-order valence-corrected chi connectivity index (χ4v) is 2.18. The van der Waals surface area contributed by atoms with E-state index in [1.165, 1.54) is 0 Å². The van der Waals surface area contributed by atoms with Crippen LogP contribution < -0.4 is 4.74 Å². The summed E-state index contributed by atoms with van der Waals surface area (Å²) in [5, 5.41) is 13.5. The van der Waals surface area contributed by atoms with E-state index >= 15 is 0 Å². The molecule has 4 nitrogen and oxygen atoms in total. The standard InChI is InChI=1S/C14H15ClF2N2O2/c1-3-19-12(13(15)8(2)18-19)7-21-14-10(16)4-9(6-20)5-11(14)17/h4-5,20H,3,6-7H2,1-2H3. The van der Waals surface area contributed by atoms with Gasteiger partial charge in [0.1, 0.15) is 6.61 Å². The highest BCUT2D eigenvalue weighted by Gasteiger charge is 2.17. The highest BCUT2D eigenvalue weighted by atomic mass is 35.5. The van der Waals surface area contributed by atoms with Crippen molar-refractivity contribution in [3.8, 4) is 5.75 Å². The van der Waals surface area contributed by atoms with Crippen molar-refractivity contribution in [1.82, 2.24) is 9.78 Å². The lowest BCUT2D eigenvalue weighted by atomic mass is 10.2. The summed E-state index contributed by atoms with van der Waals surface area (Å²) >= 11 is 6.10. The number of aromatic nitrogens is 2. The van der Waals surface area contributed by atoms with Gasteiger partial charge in [0.15, 0.2) is 17.4 Å². The van der Waals surface area contributed by atoms with E-state index in [1.807, 2.05) is 6.92 Å². The molecular weight excluding hydrogens is 302 g/mol. The van der Waals surface area contributed by atoms with Gasteiger partial charge in [-0.3, -0.25) is 4.68 Å². The van der Waals surface area contributed by atoms with Gasteiger partial charge in [0, 0.05) is 6.54 Å². The van der Waals surface area contributed by atoms with Gasteiger partial charge in [0.05, 0.1) is 23.0 Å². The molecule has 1 aromatic heterocycles. The predicted molar refractivity (Wildman–Crippen MR) is 74.3 cm³/mol. The van der Waals surface area contributed by atoms with Crippen molar-refractivity contribution in [2.45, 2.75) is 33.6 Å². The normalized spacial score (nSPS) is 11.0. The van der Waals surface area contributed by atoms with E-state index in [9.17, 15) is 8.78 Å². The third kappa shape index (κ3) is 3.16. The Morgan fingerprint density at radius 1 is 1.33 bits per heavy atom. The summed E-state index contributed by atoms with van der Waals surface area (Å²) in [6.07, 6.45) is 0. The van der Waals surface area contributed by atoms with Crippen molar-refractivity contribution in [1.29, 1.82) is 0 Å². The molecule has 0 aliphatic rings. The largest absolute Gasteiger partial charge is 0.481 e. The zero-order valence-electron chi connectivity index (χ0n) is 11.7. The summed E-state index contributed by atoms with van der Waals surface area (Å²) in [5.41, 5.74) is 1.33. The number of aryl methyl sites for hydroxylation is 2. The predicted octanol–water partition coefficient (Wildman–Crippen LogP) is 3.21. The van der Waals surface area contributed by atoms with Crippen molar-refractivity contribution in [3.05, 3.63) is 45.7 Å². The Morgan fingerprint density at radius 2 is 1.95 bits per heavy atom. The van der Waals surface area contributed by atoms with Crippen LogP contribution in [0, 0.1) is 18.6 Å². The molecule has 2 rings (SSSR count).